The van der Waals surface area contributed by atoms with Gasteiger partial charge in [-0.1, -0.05) is 12.1 Å². The number of nitrogens with zero attached hydrogens (tertiary/aromatic N) is 5. The molecule has 5 atom stereocenters. The summed E-state index contributed by atoms with van der Waals surface area (Å²) in [5.74, 6) is -2.62. The first-order valence-electron chi connectivity index (χ1n) is 22.9. The number of fused-ring (bicyclic) bond motifs is 8. The van der Waals surface area contributed by atoms with Crippen LogP contribution in [0.25, 0.3) is 90.9 Å². The molecule has 1 saturated heterocycles. The van der Waals surface area contributed by atoms with E-state index in [1.165, 1.54) is 13.8 Å². The molecule has 3 aliphatic heterocycles. The van der Waals surface area contributed by atoms with E-state index in [1.807, 2.05) is 91.0 Å². The third kappa shape index (κ3) is 9.73. The number of nitrogens with one attached hydrogen (secondary N) is 2. The van der Waals surface area contributed by atoms with Crippen molar-refractivity contribution in [2.24, 2.45) is 0 Å². The van der Waals surface area contributed by atoms with E-state index < -0.39 is 61.2 Å². The van der Waals surface area contributed by atoms with Crippen molar-refractivity contribution in [1.82, 2.24) is 34.9 Å². The van der Waals surface area contributed by atoms with Crippen LogP contribution in [0.4, 0.5) is 0 Å². The number of carbonyl (C=O) groups is 4. The van der Waals surface area contributed by atoms with Crippen molar-refractivity contribution in [2.75, 3.05) is 6.61 Å². The molecule has 7 aromatic rings. The summed E-state index contributed by atoms with van der Waals surface area (Å²) in [7, 11) is 0. The number of ether oxygens (including phenoxy) is 6. The van der Waals surface area contributed by atoms with Crippen molar-refractivity contribution in [3.05, 3.63) is 145 Å². The Morgan fingerprint density at radius 2 is 0.819 bits per heavy atom. The van der Waals surface area contributed by atoms with Gasteiger partial charge in [0.1, 0.15) is 18.5 Å². The maximum atomic E-state index is 12.5. The molecule has 2 N–H and O–H groups in total. The van der Waals surface area contributed by atoms with Crippen molar-refractivity contribution in [3.8, 4) is 50.3 Å². The van der Waals surface area contributed by atoms with Gasteiger partial charge in [0.15, 0.2) is 12.2 Å². The van der Waals surface area contributed by atoms with Gasteiger partial charge in [0, 0.05) is 109 Å². The molecule has 8 bridgehead atoms. The van der Waals surface area contributed by atoms with Crippen LogP contribution in [0.3, 0.4) is 0 Å². The zero-order chi connectivity index (χ0) is 49.9. The molecule has 0 unspecified atom stereocenters. The van der Waals surface area contributed by atoms with Crippen molar-refractivity contribution in [2.45, 2.75) is 58.4 Å². The highest BCUT2D eigenvalue weighted by molar-refractivity contribution is 5.99. The van der Waals surface area contributed by atoms with Gasteiger partial charge in [-0.2, -0.15) is 0 Å². The van der Waals surface area contributed by atoms with Crippen molar-refractivity contribution >= 4 is 70.2 Å². The quantitative estimate of drug-likeness (QED) is 0.0913. The van der Waals surface area contributed by atoms with Gasteiger partial charge in [0.2, 0.25) is 12.4 Å². The highest BCUT2D eigenvalue weighted by atomic mass is 16.7. The molecule has 0 spiro atoms. The normalized spacial score (nSPS) is 18.0. The lowest BCUT2D eigenvalue weighted by Crippen LogP contribution is -2.63. The van der Waals surface area contributed by atoms with Gasteiger partial charge in [-0.25, -0.2) is 9.97 Å². The van der Waals surface area contributed by atoms with E-state index in [-0.39, 0.29) is 5.75 Å². The Kier molecular flexibility index (Phi) is 13.0. The number of pyridine rings is 3. The Labute approximate surface area is 411 Å². The Morgan fingerprint density at radius 1 is 0.458 bits per heavy atom. The lowest BCUT2D eigenvalue weighted by molar-refractivity contribution is -0.288. The van der Waals surface area contributed by atoms with E-state index in [2.05, 4.69) is 31.0 Å². The summed E-state index contributed by atoms with van der Waals surface area (Å²) in [5, 5.41) is 0. The highest BCUT2D eigenvalue weighted by Gasteiger charge is 2.53. The van der Waals surface area contributed by atoms with Crippen LogP contribution < -0.4 is 4.74 Å². The topological polar surface area (TPSA) is 220 Å². The number of esters is 4. The minimum absolute atomic E-state index is 0.266. The Hall–Kier alpha value is -9.09. The fraction of sp³-hybridized carbons (Fsp3) is 0.182. The second-order valence-electron chi connectivity index (χ2n) is 16.9. The van der Waals surface area contributed by atoms with Gasteiger partial charge >= 0.3 is 23.9 Å². The van der Waals surface area contributed by atoms with Gasteiger partial charge in [-0.05, 0) is 119 Å². The molecule has 6 aromatic heterocycles. The Morgan fingerprint density at radius 3 is 1.19 bits per heavy atom. The number of aromatic amines is 2. The lowest BCUT2D eigenvalue weighted by Gasteiger charge is -2.43. The average molecular weight is 964 g/mol. The van der Waals surface area contributed by atoms with Crippen LogP contribution in [-0.4, -0.2) is 96.1 Å². The predicted octanol–water partition coefficient (Wildman–Crippen LogP) is 8.97. The maximum Gasteiger partial charge on any atom is 0.303 e. The molecule has 17 nitrogen and oxygen atoms in total. The van der Waals surface area contributed by atoms with E-state index >= 15 is 0 Å². The molecule has 17 heteroatoms. The largest absolute Gasteiger partial charge is 0.463 e. The number of hydrogen-bond donors (Lipinski definition) is 2. The third-order valence-corrected chi connectivity index (χ3v) is 12.0. The van der Waals surface area contributed by atoms with Crippen molar-refractivity contribution < 1.29 is 47.6 Å². The van der Waals surface area contributed by atoms with Crippen LogP contribution in [0.2, 0.25) is 0 Å². The van der Waals surface area contributed by atoms with Gasteiger partial charge < -0.3 is 38.4 Å². The molecule has 1 aromatic carbocycles. The summed E-state index contributed by atoms with van der Waals surface area (Å²) in [6.45, 7) is 4.28. The zero-order valence-electron chi connectivity index (χ0n) is 39.3. The van der Waals surface area contributed by atoms with Crippen molar-refractivity contribution in [1.29, 1.82) is 0 Å². The molecule has 0 radical (unpaired) electrons. The molecular formula is C55H45N7O10. The van der Waals surface area contributed by atoms with E-state index in [0.29, 0.717) is 11.4 Å². The number of rotatable bonds is 11. The SMILES string of the molecule is CC(=O)OC[C@H]1O[C@@H](Oc2ccc(-c3c4nc(c(-c5ccncc5)c5ccc([nH]5)c(-c5ccncc5)c5nc(c(-c6ccncc6)c6ccc3[nH]6)C=C5)C=C4)cc2)[C@H](OC(C)=O)[C@@H](OC(C)=O)[C@@H]1OC(C)=O. The number of H-pyrrole nitrogens is 2. The van der Waals surface area contributed by atoms with Gasteiger partial charge in [-0.3, -0.25) is 34.1 Å². The summed E-state index contributed by atoms with van der Waals surface area (Å²) < 4.78 is 34.7. The van der Waals surface area contributed by atoms with Crippen LogP contribution in [0.15, 0.2) is 122 Å². The molecule has 72 heavy (non-hydrogen) atoms. The minimum Gasteiger partial charge on any atom is -0.463 e. The summed E-state index contributed by atoms with van der Waals surface area (Å²) in [6.07, 6.45) is 11.8. The lowest BCUT2D eigenvalue weighted by atomic mass is 9.98. The molecule has 1 fully saturated rings. The second-order valence-corrected chi connectivity index (χ2v) is 16.9. The first-order chi connectivity index (χ1) is 35.0. The summed E-state index contributed by atoms with van der Waals surface area (Å²) in [4.78, 5) is 80.3. The van der Waals surface area contributed by atoms with Crippen LogP contribution in [0.5, 0.6) is 5.75 Å². The Bertz CT molecular complexity index is 3410. The molecule has 0 amide bonds. The fourth-order valence-electron chi connectivity index (χ4n) is 9.09. The number of hydrogen-bond acceptors (Lipinski definition) is 15. The van der Waals surface area contributed by atoms with Crippen LogP contribution in [0, 0.1) is 0 Å². The second kappa shape index (κ2) is 20.1. The van der Waals surface area contributed by atoms with E-state index in [1.54, 1.807) is 49.3 Å². The monoisotopic (exact) mass is 963 g/mol. The molecular weight excluding hydrogens is 919 g/mol. The van der Waals surface area contributed by atoms with Crippen LogP contribution in [-0.2, 0) is 42.9 Å². The smallest absolute Gasteiger partial charge is 0.303 e. The zero-order valence-corrected chi connectivity index (χ0v) is 39.3. The first-order valence-corrected chi connectivity index (χ1v) is 22.9. The molecule has 0 saturated carbocycles. The van der Waals surface area contributed by atoms with Gasteiger partial charge in [-0.15, -0.1) is 0 Å². The van der Waals surface area contributed by atoms with Crippen LogP contribution in [0.1, 0.15) is 50.5 Å². The maximum absolute atomic E-state index is 12.5. The molecule has 3 aliphatic rings. The first kappa shape index (κ1) is 46.6. The Balaban J connectivity index is 1.15. The predicted molar refractivity (Wildman–Crippen MR) is 267 cm³/mol. The summed E-state index contributed by atoms with van der Waals surface area (Å²) >= 11 is 0. The summed E-state index contributed by atoms with van der Waals surface area (Å²) in [5.41, 5.74) is 12.8. The standard InChI is InChI=1S/C55H45N7O10/c1-30(63)67-29-47-52(68-31(2)64)53(69-32(3)65)54(70-33(4)66)55(72-47)71-38-7-5-34(6-8-38)48-39-9-11-41(59-39)49(35-17-23-56-24-18-35)43-13-15-45(61-43)51(37-21-27-58-28-22-37)46-16-14-44(62-46)50(36-19-25-57-26-20-36)42-12-10-40(48)60-42/h5-28,47,52-55,59,62H,29H2,1-4H3/t47-,52-,53+,54-,55-/m1/s1. The molecule has 10 rings (SSSR count). The minimum atomic E-state index is -1.43. The fourth-order valence-corrected chi connectivity index (χ4v) is 9.09. The average Bonchev–Trinajstić information content (AvgIpc) is 4.23. The van der Waals surface area contributed by atoms with Gasteiger partial charge in [0.05, 0.1) is 22.8 Å². The number of carbonyl (C=O) groups excluding carboxylic acids is 4. The van der Waals surface area contributed by atoms with Crippen molar-refractivity contribution in [3.63, 3.8) is 0 Å². The molecule has 0 aliphatic carbocycles. The third-order valence-electron chi connectivity index (χ3n) is 12.0. The number of benzene rings is 1. The number of aromatic nitrogens is 7. The van der Waals surface area contributed by atoms with E-state index in [9.17, 15) is 19.2 Å². The molecule has 9 heterocycles. The summed E-state index contributed by atoms with van der Waals surface area (Å²) in [6, 6.07) is 27.0. The molecule has 360 valence electrons. The van der Waals surface area contributed by atoms with E-state index in [0.717, 1.165) is 91.8 Å². The van der Waals surface area contributed by atoms with Crippen LogP contribution >= 0.6 is 0 Å². The van der Waals surface area contributed by atoms with Gasteiger partial charge in [0.25, 0.3) is 0 Å². The highest BCUT2D eigenvalue weighted by Crippen LogP contribution is 2.39. The van der Waals surface area contributed by atoms with E-state index in [4.69, 9.17) is 38.4 Å².